The summed E-state index contributed by atoms with van der Waals surface area (Å²) >= 11 is 7.53. The predicted molar refractivity (Wildman–Crippen MR) is 89.3 cm³/mol. The van der Waals surface area contributed by atoms with Gasteiger partial charge >= 0.3 is 5.97 Å². The van der Waals surface area contributed by atoms with Gasteiger partial charge in [0.05, 0.1) is 10.9 Å². The van der Waals surface area contributed by atoms with Crippen molar-refractivity contribution in [2.45, 2.75) is 13.5 Å². The maximum Gasteiger partial charge on any atom is 0.328 e. The summed E-state index contributed by atoms with van der Waals surface area (Å²) in [6, 6.07) is 9.84. The molecule has 0 aliphatic rings. The van der Waals surface area contributed by atoms with Crippen molar-refractivity contribution in [2.24, 2.45) is 0 Å². The highest BCUT2D eigenvalue weighted by molar-refractivity contribution is 7.16. The number of aliphatic carboxylic acids is 1. The maximum absolute atomic E-state index is 10.5. The van der Waals surface area contributed by atoms with Crippen molar-refractivity contribution in [3.63, 3.8) is 0 Å². The highest BCUT2D eigenvalue weighted by atomic mass is 35.5. The Kier molecular flexibility index (Phi) is 5.04. The Morgan fingerprint density at radius 3 is 2.71 bits per heavy atom. The largest absolute Gasteiger partial charge is 0.478 e. The number of halogens is 1. The fourth-order valence-electron chi connectivity index (χ4n) is 2.13. The molecule has 1 aromatic heterocycles. The number of thiophene rings is 1. The summed E-state index contributed by atoms with van der Waals surface area (Å²) in [5.41, 5.74) is 3.10. The third-order valence-corrected chi connectivity index (χ3v) is 4.29. The monoisotopic (exact) mass is 321 g/mol. The van der Waals surface area contributed by atoms with Gasteiger partial charge in [-0.1, -0.05) is 17.7 Å². The van der Waals surface area contributed by atoms with E-state index in [2.05, 4.69) is 4.90 Å². The summed E-state index contributed by atoms with van der Waals surface area (Å²) in [5.74, 6) is -0.941. The number of hydrogen-bond donors (Lipinski definition) is 1. The van der Waals surface area contributed by atoms with Gasteiger partial charge in [0.1, 0.15) is 0 Å². The van der Waals surface area contributed by atoms with Crippen molar-refractivity contribution in [1.29, 1.82) is 0 Å². The normalized spacial score (nSPS) is 11.0. The van der Waals surface area contributed by atoms with Gasteiger partial charge in [-0.25, -0.2) is 4.79 Å². The molecule has 2 aromatic rings. The van der Waals surface area contributed by atoms with Crippen molar-refractivity contribution < 1.29 is 9.90 Å². The molecule has 3 nitrogen and oxygen atoms in total. The van der Waals surface area contributed by atoms with E-state index in [9.17, 15) is 4.79 Å². The Morgan fingerprint density at radius 1 is 1.38 bits per heavy atom. The van der Waals surface area contributed by atoms with Crippen LogP contribution in [0.5, 0.6) is 0 Å². The summed E-state index contributed by atoms with van der Waals surface area (Å²) in [6.07, 6.45) is 2.74. The first-order valence-electron chi connectivity index (χ1n) is 6.42. The lowest BCUT2D eigenvalue weighted by molar-refractivity contribution is -0.131. The van der Waals surface area contributed by atoms with Crippen molar-refractivity contribution >= 4 is 40.7 Å². The number of hydrogen-bond acceptors (Lipinski definition) is 3. The van der Waals surface area contributed by atoms with Crippen LogP contribution >= 0.6 is 22.9 Å². The SMILES string of the molecule is Cc1cc(C=CC(=O)O)ccc1N(C)Cc1ccc(Cl)s1. The molecule has 0 fully saturated rings. The maximum atomic E-state index is 10.5. The summed E-state index contributed by atoms with van der Waals surface area (Å²) in [7, 11) is 2.03. The Hall–Kier alpha value is -1.78. The fourth-order valence-corrected chi connectivity index (χ4v) is 3.27. The topological polar surface area (TPSA) is 40.5 Å². The van der Waals surface area contributed by atoms with Crippen molar-refractivity contribution in [1.82, 2.24) is 0 Å². The second kappa shape index (κ2) is 6.78. The van der Waals surface area contributed by atoms with Crippen molar-refractivity contribution in [3.05, 3.63) is 56.7 Å². The molecule has 21 heavy (non-hydrogen) atoms. The zero-order chi connectivity index (χ0) is 15.4. The van der Waals surface area contributed by atoms with E-state index in [0.717, 1.165) is 33.8 Å². The Morgan fingerprint density at radius 2 is 2.14 bits per heavy atom. The summed E-state index contributed by atoms with van der Waals surface area (Å²) < 4.78 is 0.796. The Labute approximate surface area is 133 Å². The van der Waals surface area contributed by atoms with Gasteiger partial charge in [0.15, 0.2) is 0 Å². The van der Waals surface area contributed by atoms with Crippen LogP contribution in [0, 0.1) is 6.92 Å². The van der Waals surface area contributed by atoms with Crippen LogP contribution in [0.3, 0.4) is 0 Å². The van der Waals surface area contributed by atoms with Crippen LogP contribution in [0.2, 0.25) is 4.34 Å². The van der Waals surface area contributed by atoms with Gasteiger partial charge in [-0.15, -0.1) is 11.3 Å². The molecule has 0 radical (unpaired) electrons. The lowest BCUT2D eigenvalue weighted by atomic mass is 10.1. The lowest BCUT2D eigenvalue weighted by Gasteiger charge is -2.21. The second-order valence-corrected chi connectivity index (χ2v) is 6.58. The molecule has 0 amide bonds. The standard InChI is InChI=1S/C16H16ClNO2S/c1-11-9-12(4-8-16(19)20)3-6-14(11)18(2)10-13-5-7-15(17)21-13/h3-9H,10H2,1-2H3,(H,19,20). The average Bonchev–Trinajstić information content (AvgIpc) is 2.81. The Bertz CT molecular complexity index is 679. The van der Waals surface area contributed by atoms with Gasteiger partial charge in [-0.3, -0.25) is 0 Å². The van der Waals surface area contributed by atoms with Crippen LogP contribution in [-0.4, -0.2) is 18.1 Å². The molecule has 0 bridgehead atoms. The van der Waals surface area contributed by atoms with Crippen LogP contribution in [0.15, 0.2) is 36.4 Å². The van der Waals surface area contributed by atoms with Gasteiger partial charge in [0.2, 0.25) is 0 Å². The molecule has 0 unspecified atom stereocenters. The minimum atomic E-state index is -0.941. The van der Waals surface area contributed by atoms with E-state index >= 15 is 0 Å². The van der Waals surface area contributed by atoms with E-state index < -0.39 is 5.97 Å². The number of carbonyl (C=O) groups is 1. The molecular weight excluding hydrogens is 306 g/mol. The van der Waals surface area contributed by atoms with Crippen LogP contribution in [0.1, 0.15) is 16.0 Å². The number of carboxylic acid groups (broad SMARTS) is 1. The highest BCUT2D eigenvalue weighted by Gasteiger charge is 2.07. The van der Waals surface area contributed by atoms with Gasteiger partial charge in [-0.2, -0.15) is 0 Å². The fraction of sp³-hybridized carbons (Fsp3) is 0.188. The molecule has 1 N–H and O–H groups in total. The quantitative estimate of drug-likeness (QED) is 0.827. The zero-order valence-corrected chi connectivity index (χ0v) is 13.4. The molecule has 0 aliphatic heterocycles. The van der Waals surface area contributed by atoms with Crippen LogP contribution in [0.25, 0.3) is 6.08 Å². The number of nitrogens with zero attached hydrogens (tertiary/aromatic N) is 1. The molecule has 0 atom stereocenters. The van der Waals surface area contributed by atoms with Gasteiger partial charge in [0.25, 0.3) is 0 Å². The number of aryl methyl sites for hydroxylation is 1. The Balaban J connectivity index is 2.14. The number of rotatable bonds is 5. The van der Waals surface area contributed by atoms with E-state index in [-0.39, 0.29) is 0 Å². The molecule has 5 heteroatoms. The van der Waals surface area contributed by atoms with E-state index in [1.165, 1.54) is 4.88 Å². The van der Waals surface area contributed by atoms with E-state index in [4.69, 9.17) is 16.7 Å². The minimum absolute atomic E-state index is 0.794. The summed E-state index contributed by atoms with van der Waals surface area (Å²) in [6.45, 7) is 2.81. The third kappa shape index (κ3) is 4.34. The van der Waals surface area contributed by atoms with Crippen LogP contribution in [-0.2, 0) is 11.3 Å². The summed E-state index contributed by atoms with van der Waals surface area (Å²) in [5, 5.41) is 8.65. The molecular formula is C16H16ClNO2S. The first-order valence-corrected chi connectivity index (χ1v) is 7.62. The van der Waals surface area contributed by atoms with Gasteiger partial charge in [0, 0.05) is 23.7 Å². The van der Waals surface area contributed by atoms with Gasteiger partial charge < -0.3 is 10.0 Å². The second-order valence-electron chi connectivity index (χ2n) is 4.78. The third-order valence-electron chi connectivity index (χ3n) is 3.07. The van der Waals surface area contributed by atoms with E-state index in [0.29, 0.717) is 0 Å². The van der Waals surface area contributed by atoms with Crippen molar-refractivity contribution in [3.8, 4) is 0 Å². The van der Waals surface area contributed by atoms with Gasteiger partial charge in [-0.05, 0) is 48.4 Å². The van der Waals surface area contributed by atoms with Crippen LogP contribution in [0.4, 0.5) is 5.69 Å². The zero-order valence-electron chi connectivity index (χ0n) is 11.8. The van der Waals surface area contributed by atoms with E-state index in [1.54, 1.807) is 17.4 Å². The summed E-state index contributed by atoms with van der Waals surface area (Å²) in [4.78, 5) is 13.9. The smallest absolute Gasteiger partial charge is 0.328 e. The van der Waals surface area contributed by atoms with Crippen molar-refractivity contribution in [2.75, 3.05) is 11.9 Å². The molecule has 0 saturated heterocycles. The molecule has 0 aliphatic carbocycles. The molecule has 1 aromatic carbocycles. The number of carboxylic acids is 1. The predicted octanol–water partition coefficient (Wildman–Crippen LogP) is 4.44. The average molecular weight is 322 g/mol. The van der Waals surface area contributed by atoms with Crippen LogP contribution < -0.4 is 4.90 Å². The molecule has 110 valence electrons. The lowest BCUT2D eigenvalue weighted by Crippen LogP contribution is -2.16. The highest BCUT2D eigenvalue weighted by Crippen LogP contribution is 2.26. The van der Waals surface area contributed by atoms with E-state index in [1.807, 2.05) is 44.3 Å². The number of benzene rings is 1. The molecule has 1 heterocycles. The molecule has 0 spiro atoms. The molecule has 0 saturated carbocycles. The minimum Gasteiger partial charge on any atom is -0.478 e. The first kappa shape index (κ1) is 15.6. The molecule has 2 rings (SSSR count). The first-order chi connectivity index (χ1) is 9.95. The number of anilines is 1.